The Balaban J connectivity index is 1.84. The standard InChI is InChI=1S/C11H12N6O2S2/c1-20-10-5-3-2-4-9(10)14-21(18,19)17-6-11-13-7-12-8-16(11)15-17/h2-8,14-15H,1H3. The first-order chi connectivity index (χ1) is 10.1. The van der Waals surface area contributed by atoms with Crippen LogP contribution in [0.5, 0.6) is 0 Å². The quantitative estimate of drug-likeness (QED) is 0.806. The van der Waals surface area contributed by atoms with Crippen molar-refractivity contribution in [3.8, 4) is 0 Å². The smallest absolute Gasteiger partial charge is 0.264 e. The number of para-hydroxylation sites is 1. The maximum Gasteiger partial charge on any atom is 0.338 e. The maximum atomic E-state index is 12.4. The number of nitrogens with zero attached hydrogens (tertiary/aromatic N) is 4. The van der Waals surface area contributed by atoms with Gasteiger partial charge in [-0.15, -0.1) is 17.3 Å². The number of anilines is 1. The molecule has 0 saturated heterocycles. The van der Waals surface area contributed by atoms with E-state index >= 15 is 0 Å². The second-order valence-electron chi connectivity index (χ2n) is 4.07. The van der Waals surface area contributed by atoms with Crippen molar-refractivity contribution in [3.05, 3.63) is 36.3 Å². The van der Waals surface area contributed by atoms with Gasteiger partial charge in [0.1, 0.15) is 12.7 Å². The van der Waals surface area contributed by atoms with Gasteiger partial charge in [0.2, 0.25) is 0 Å². The molecule has 2 aliphatic rings. The number of rotatable bonds is 4. The zero-order chi connectivity index (χ0) is 14.9. The summed E-state index contributed by atoms with van der Waals surface area (Å²) in [5, 5.41) is 1.40. The van der Waals surface area contributed by atoms with Crippen LogP contribution in [0.1, 0.15) is 0 Å². The van der Waals surface area contributed by atoms with Crippen LogP contribution in [0.2, 0.25) is 0 Å². The molecule has 110 valence electrons. The molecule has 2 aliphatic heterocycles. The van der Waals surface area contributed by atoms with E-state index in [-0.39, 0.29) is 0 Å². The van der Waals surface area contributed by atoms with Crippen LogP contribution in [0, 0.1) is 0 Å². The molecule has 0 fully saturated rings. The van der Waals surface area contributed by atoms with E-state index in [1.54, 1.807) is 12.1 Å². The van der Waals surface area contributed by atoms with Crippen LogP contribution in [-0.2, 0) is 10.2 Å². The first-order valence-corrected chi connectivity index (χ1v) is 8.55. The van der Waals surface area contributed by atoms with E-state index in [1.807, 2.05) is 18.4 Å². The Morgan fingerprint density at radius 3 is 2.90 bits per heavy atom. The summed E-state index contributed by atoms with van der Waals surface area (Å²) in [6.45, 7) is 0. The van der Waals surface area contributed by atoms with Crippen molar-refractivity contribution >= 4 is 40.3 Å². The molecule has 8 nitrogen and oxygen atoms in total. The minimum absolute atomic E-state index is 0.438. The average Bonchev–Trinajstić information content (AvgIpc) is 2.92. The van der Waals surface area contributed by atoms with Crippen molar-refractivity contribution in [2.75, 3.05) is 11.0 Å². The Hall–Kier alpha value is -2.04. The molecule has 0 saturated carbocycles. The molecule has 1 aromatic carbocycles. The number of hydrogen-bond acceptors (Lipinski definition) is 7. The van der Waals surface area contributed by atoms with Crippen molar-refractivity contribution in [1.82, 2.24) is 15.0 Å². The summed E-state index contributed by atoms with van der Waals surface area (Å²) in [4.78, 5) is 8.61. The van der Waals surface area contributed by atoms with Crippen molar-refractivity contribution in [2.45, 2.75) is 4.90 Å². The molecule has 0 aromatic heterocycles. The molecular weight excluding hydrogens is 312 g/mol. The fraction of sp³-hybridized carbons (Fsp3) is 0.0909. The van der Waals surface area contributed by atoms with E-state index in [2.05, 4.69) is 20.2 Å². The van der Waals surface area contributed by atoms with Crippen LogP contribution in [0.3, 0.4) is 0 Å². The van der Waals surface area contributed by atoms with Gasteiger partial charge in [0.25, 0.3) is 0 Å². The molecule has 2 N–H and O–H groups in total. The SMILES string of the molecule is CSc1ccccc1NS(=O)(=O)N1C=C2N=CN=CN2N1. The normalized spacial score (nSPS) is 16.9. The Labute approximate surface area is 126 Å². The zero-order valence-corrected chi connectivity index (χ0v) is 12.6. The summed E-state index contributed by atoms with van der Waals surface area (Å²) < 4.78 is 28.3. The fourth-order valence-corrected chi connectivity index (χ4v) is 3.36. The number of hydrazine groups is 2. The third-order valence-corrected chi connectivity index (χ3v) is 4.71. The molecule has 0 atom stereocenters. The monoisotopic (exact) mass is 324 g/mol. The highest BCUT2D eigenvalue weighted by atomic mass is 32.2. The minimum atomic E-state index is -3.80. The van der Waals surface area contributed by atoms with Crippen molar-refractivity contribution in [3.63, 3.8) is 0 Å². The number of fused-ring (bicyclic) bond motifs is 1. The number of aliphatic imine (C=N–C) groups is 2. The Morgan fingerprint density at radius 1 is 1.33 bits per heavy atom. The lowest BCUT2D eigenvalue weighted by Gasteiger charge is -2.21. The van der Waals surface area contributed by atoms with Gasteiger partial charge in [-0.05, 0) is 18.4 Å². The molecule has 1 aromatic rings. The largest absolute Gasteiger partial charge is 0.338 e. The summed E-state index contributed by atoms with van der Waals surface area (Å²) in [6, 6.07) is 7.18. The summed E-state index contributed by atoms with van der Waals surface area (Å²) in [5.41, 5.74) is 3.17. The maximum absolute atomic E-state index is 12.4. The molecule has 0 aliphatic carbocycles. The minimum Gasteiger partial charge on any atom is -0.264 e. The molecule has 3 rings (SSSR count). The van der Waals surface area contributed by atoms with Gasteiger partial charge in [-0.25, -0.2) is 15.0 Å². The van der Waals surface area contributed by atoms with Gasteiger partial charge < -0.3 is 0 Å². The highest BCUT2D eigenvalue weighted by Crippen LogP contribution is 2.26. The summed E-state index contributed by atoms with van der Waals surface area (Å²) in [5.74, 6) is 0.438. The number of thioether (sulfide) groups is 1. The van der Waals surface area contributed by atoms with Gasteiger partial charge in [0, 0.05) is 4.90 Å². The highest BCUT2D eigenvalue weighted by molar-refractivity contribution is 7.98. The first kappa shape index (κ1) is 13.9. The Bertz CT molecular complexity index is 743. The summed E-state index contributed by atoms with van der Waals surface area (Å²) >= 11 is 1.46. The van der Waals surface area contributed by atoms with Crippen LogP contribution in [0.25, 0.3) is 0 Å². The molecule has 0 bridgehead atoms. The predicted octanol–water partition coefficient (Wildman–Crippen LogP) is 0.971. The summed E-state index contributed by atoms with van der Waals surface area (Å²) in [7, 11) is -3.80. The van der Waals surface area contributed by atoms with Gasteiger partial charge in [0.05, 0.1) is 11.9 Å². The number of benzene rings is 1. The number of hydrogen-bond donors (Lipinski definition) is 2. The van der Waals surface area contributed by atoms with E-state index < -0.39 is 10.2 Å². The van der Waals surface area contributed by atoms with E-state index in [0.717, 1.165) is 9.31 Å². The van der Waals surface area contributed by atoms with Gasteiger partial charge in [-0.3, -0.25) is 4.72 Å². The molecule has 0 radical (unpaired) electrons. The molecule has 0 spiro atoms. The second-order valence-corrected chi connectivity index (χ2v) is 6.47. The lowest BCUT2D eigenvalue weighted by Crippen LogP contribution is -2.45. The Morgan fingerprint density at radius 2 is 2.14 bits per heavy atom. The highest BCUT2D eigenvalue weighted by Gasteiger charge is 2.29. The van der Waals surface area contributed by atoms with Gasteiger partial charge in [0.15, 0.2) is 5.82 Å². The third-order valence-electron chi connectivity index (χ3n) is 2.73. The Kier molecular flexibility index (Phi) is 3.57. The van der Waals surface area contributed by atoms with Crippen LogP contribution in [0.4, 0.5) is 5.69 Å². The molecule has 10 heteroatoms. The molecule has 0 unspecified atom stereocenters. The zero-order valence-electron chi connectivity index (χ0n) is 11.0. The topological polar surface area (TPSA) is 89.4 Å². The van der Waals surface area contributed by atoms with Gasteiger partial charge in [-0.2, -0.15) is 12.8 Å². The molecule has 0 amide bonds. The average molecular weight is 324 g/mol. The second kappa shape index (κ2) is 5.39. The summed E-state index contributed by atoms with van der Waals surface area (Å²) in [6.07, 6.45) is 6.03. The third kappa shape index (κ3) is 2.73. The molecule has 2 heterocycles. The predicted molar refractivity (Wildman–Crippen MR) is 82.6 cm³/mol. The van der Waals surface area contributed by atoms with Crippen LogP contribution in [-0.4, -0.2) is 36.8 Å². The molecule has 21 heavy (non-hydrogen) atoms. The van der Waals surface area contributed by atoms with E-state index in [1.165, 1.54) is 35.6 Å². The van der Waals surface area contributed by atoms with E-state index in [9.17, 15) is 8.42 Å². The van der Waals surface area contributed by atoms with Gasteiger partial charge in [-0.1, -0.05) is 12.1 Å². The fourth-order valence-electron chi connectivity index (χ4n) is 1.76. The lowest BCUT2D eigenvalue weighted by molar-refractivity contribution is 0.285. The first-order valence-electron chi connectivity index (χ1n) is 5.88. The lowest BCUT2D eigenvalue weighted by atomic mass is 10.3. The molecular formula is C11H12N6O2S2. The van der Waals surface area contributed by atoms with E-state index in [4.69, 9.17) is 0 Å². The van der Waals surface area contributed by atoms with Crippen molar-refractivity contribution < 1.29 is 8.42 Å². The number of nitrogens with one attached hydrogen (secondary N) is 2. The van der Waals surface area contributed by atoms with E-state index in [0.29, 0.717) is 11.5 Å². The van der Waals surface area contributed by atoms with Crippen LogP contribution < -0.4 is 10.3 Å². The van der Waals surface area contributed by atoms with Gasteiger partial charge >= 0.3 is 10.2 Å². The van der Waals surface area contributed by atoms with Crippen molar-refractivity contribution in [1.29, 1.82) is 0 Å². The van der Waals surface area contributed by atoms with Crippen LogP contribution in [0.15, 0.2) is 51.2 Å². The van der Waals surface area contributed by atoms with Crippen LogP contribution >= 0.6 is 11.8 Å². The van der Waals surface area contributed by atoms with Crippen molar-refractivity contribution in [2.24, 2.45) is 9.98 Å².